The van der Waals surface area contributed by atoms with Crippen molar-refractivity contribution in [1.82, 2.24) is 0 Å². The van der Waals surface area contributed by atoms with Crippen molar-refractivity contribution in [2.24, 2.45) is 0 Å². The van der Waals surface area contributed by atoms with Crippen LogP contribution in [-0.2, 0) is 208 Å². The van der Waals surface area contributed by atoms with E-state index < -0.39 is 156 Å². The number of rotatable bonds is 24. The van der Waals surface area contributed by atoms with E-state index in [0.29, 0.717) is 0 Å². The van der Waals surface area contributed by atoms with Crippen LogP contribution in [0.4, 0.5) is 0 Å². The molecule has 0 fully saturated rings. The van der Waals surface area contributed by atoms with E-state index in [1.807, 2.05) is 0 Å². The van der Waals surface area contributed by atoms with E-state index >= 15 is 0 Å². The third-order valence-electron chi connectivity index (χ3n) is 4.98. The van der Waals surface area contributed by atoms with Crippen LogP contribution in [0.2, 0.25) is 0 Å². The summed E-state index contributed by atoms with van der Waals surface area (Å²) in [6.45, 7) is 15.0. The van der Waals surface area contributed by atoms with E-state index in [4.69, 9.17) is 22.6 Å². The molecule has 0 saturated heterocycles. The monoisotopic (exact) mass is 2190 g/mol. The molecule has 0 aromatic rings. The molecule has 0 aromatic carbocycles. The SMILES string of the molecule is CCCC[N+](CCCC)(CCCC)CCCC.O=[Si]([O-])[O][W](=[O])(=[O])[OH].O=[Si]([O-])[O][W](=[O])(=[O])[OH].O=[Si]([O-])[O][W](=[O])(=[O])[OH].O=[Si]([O-])[O][W](=[O])(=[O])[OH].O=[Si]([O-])[O][W](=[O])(=[O])[OH].O=[Si]([O-])[O][W](=[O])(=[O])[OH].[Mo+6]. The summed E-state index contributed by atoms with van der Waals surface area (Å²) >= 11 is -35.5. The molecule has 0 saturated carbocycles. The van der Waals surface area contributed by atoms with Crippen LogP contribution in [0.3, 0.4) is 0 Å². The van der Waals surface area contributed by atoms with Gasteiger partial charge in [-0.3, -0.25) is 0 Å². The Morgan fingerprint density at radius 1 is 0.333 bits per heavy atom. The molecule has 0 rings (SSSR count). The van der Waals surface area contributed by atoms with Crippen molar-refractivity contribution in [3.05, 3.63) is 0 Å². The Bertz CT molecular complexity index is 1730. The number of hydrogen-bond donors (Lipinski definition) is 6. The minimum absolute atomic E-state index is 0. The van der Waals surface area contributed by atoms with Crippen LogP contribution in [0.1, 0.15) is 79.1 Å². The summed E-state index contributed by atoms with van der Waals surface area (Å²) in [4.78, 5) is 56.2. The zero-order valence-electron chi connectivity index (χ0n) is 33.7. The minimum atomic E-state index is -5.92. The van der Waals surface area contributed by atoms with Gasteiger partial charge in [-0.25, -0.2) is 0 Å². The summed E-state index contributed by atoms with van der Waals surface area (Å²) in [7, 11) is -22.6. The first-order chi connectivity index (χ1) is 28.7. The van der Waals surface area contributed by atoms with Crippen LogP contribution in [0.25, 0.3) is 0 Å². The molecule has 0 aliphatic carbocycles. The molecule has 392 valence electrons. The second kappa shape index (κ2) is 43.6. The molecule has 0 bridgehead atoms. The van der Waals surface area contributed by atoms with Gasteiger partial charge in [0.05, 0.1) is 26.2 Å². The van der Waals surface area contributed by atoms with Crippen LogP contribution in [0.5, 0.6) is 0 Å². The van der Waals surface area contributed by atoms with Crippen LogP contribution in [0.15, 0.2) is 0 Å². The fourth-order valence-electron chi connectivity index (χ4n) is 3.16. The molecule has 0 aliphatic heterocycles. The van der Waals surface area contributed by atoms with E-state index in [1.54, 1.807) is 0 Å². The van der Waals surface area contributed by atoms with Gasteiger partial charge in [0.25, 0.3) is 0 Å². The second-order valence-corrected chi connectivity index (χ2v) is 43.4. The van der Waals surface area contributed by atoms with E-state index in [2.05, 4.69) is 46.2 Å². The molecule has 50 heteroatoms. The summed E-state index contributed by atoms with van der Waals surface area (Å²) in [5, 5.41) is 0. The molecular weight excluding hydrogens is 2150 g/mol. The first-order valence-electron chi connectivity index (χ1n) is 15.9. The summed E-state index contributed by atoms with van der Waals surface area (Å²) in [5.74, 6) is 0. The summed E-state index contributed by atoms with van der Waals surface area (Å²) < 4.78 is 236. The smallest absolute Gasteiger partial charge is 6.00 e. The third-order valence-corrected chi connectivity index (χ3v) is 29.5. The zero-order chi connectivity index (χ0) is 53.7. The average Bonchev–Trinajstić information content (AvgIpc) is 2.99. The molecule has 0 atom stereocenters. The quantitative estimate of drug-likeness (QED) is 0.0386. The van der Waals surface area contributed by atoms with Crippen molar-refractivity contribution in [3.8, 4) is 0 Å². The standard InChI is InChI=1S/C16H36N.Mo.6O3Si.6H2O.12O.6W/c1-5-9-13-17(14-10-6-2,15-11-7-3)16-12-8-4;;6*1-4(2)3;;;;;;;;;;;;;;;;;;;;;;;;/h5-16H2,1-4H3;;;;;;;;6*1H2;;;;;;;;;;;;;;;;;;/q+1;+6;6*-2;;;;;;;;;;;;;;;;;;;6*+2/p-6. The van der Waals surface area contributed by atoms with E-state index in [-0.39, 0.29) is 21.1 Å². The van der Waals surface area contributed by atoms with Crippen molar-refractivity contribution in [2.75, 3.05) is 26.2 Å². The third kappa shape index (κ3) is 101. The maximum Gasteiger partial charge on any atom is 6.00 e. The Hall–Kier alpha value is -0.161. The second-order valence-electron chi connectivity index (χ2n) is 10.2. The minimum Gasteiger partial charge on any atom is 6.00 e. The van der Waals surface area contributed by atoms with Gasteiger partial charge in [-0.15, -0.1) is 0 Å². The number of unbranched alkanes of at least 4 members (excludes halogenated alkanes) is 4. The van der Waals surface area contributed by atoms with Crippen LogP contribution < -0.4 is 28.8 Å². The normalized spacial score (nSPS) is 10.8. The Balaban J connectivity index is -0.000000102. The van der Waals surface area contributed by atoms with Crippen LogP contribution >= 0.6 is 0 Å². The molecule has 0 aliphatic rings. The van der Waals surface area contributed by atoms with Crippen molar-refractivity contribution in [2.45, 2.75) is 79.1 Å². The van der Waals surface area contributed by atoms with Gasteiger partial charge in [-0.2, -0.15) is 0 Å². The first kappa shape index (κ1) is 82.7. The van der Waals surface area contributed by atoms with Gasteiger partial charge in [0.2, 0.25) is 0 Å². The van der Waals surface area contributed by atoms with E-state index in [0.717, 1.165) is 0 Å². The molecule has 0 aromatic heterocycles. The molecule has 0 spiro atoms. The van der Waals surface area contributed by atoms with E-state index in [1.165, 1.54) is 82.0 Å². The van der Waals surface area contributed by atoms with Gasteiger partial charge in [0.15, 0.2) is 0 Å². The van der Waals surface area contributed by atoms with Crippen LogP contribution in [0, 0.1) is 0 Å². The Morgan fingerprint density at radius 2 is 0.439 bits per heavy atom. The fourth-order valence-corrected chi connectivity index (χ4v) is 15.3. The maximum absolute atomic E-state index is 9.53. The number of quaternary nitrogens is 1. The van der Waals surface area contributed by atoms with Crippen molar-refractivity contribution < 1.29 is 263 Å². The fraction of sp³-hybridized carbons (Fsp3) is 1.00. The van der Waals surface area contributed by atoms with Gasteiger partial charge in [-0.1, -0.05) is 53.4 Å². The van der Waals surface area contributed by atoms with Gasteiger partial charge in [0.1, 0.15) is 0 Å². The van der Waals surface area contributed by atoms with E-state index in [9.17, 15) is 96.3 Å². The molecular formula is C16H42MoNO36Si6W6+. The largest absolute Gasteiger partial charge is 6.00 e. The van der Waals surface area contributed by atoms with Crippen molar-refractivity contribution >= 4 is 55.0 Å². The van der Waals surface area contributed by atoms with Gasteiger partial charge in [0, 0.05) is 0 Å². The van der Waals surface area contributed by atoms with Gasteiger partial charge in [-0.05, 0) is 25.7 Å². The Morgan fingerprint density at radius 3 is 0.485 bits per heavy atom. The molecule has 6 N–H and O–H groups in total. The molecule has 37 nitrogen and oxygen atoms in total. The number of hydrogen-bond acceptors (Lipinski definition) is 30. The molecule has 66 heavy (non-hydrogen) atoms. The summed E-state index contributed by atoms with van der Waals surface area (Å²) in [6.07, 6.45) is 11.1. The topological polar surface area (TPSA) is 622 Å². The predicted octanol–water partition coefficient (Wildman–Crippen LogP) is -10.3. The van der Waals surface area contributed by atoms with Crippen molar-refractivity contribution in [3.63, 3.8) is 0 Å². The maximum atomic E-state index is 9.53. The van der Waals surface area contributed by atoms with Gasteiger partial charge >= 0.3 is 314 Å². The molecule has 0 heterocycles. The molecule has 0 radical (unpaired) electrons. The summed E-state index contributed by atoms with van der Waals surface area (Å²) in [5.41, 5.74) is 0. The number of nitrogens with zero attached hydrogens (tertiary/aromatic N) is 1. The van der Waals surface area contributed by atoms with Crippen LogP contribution in [-0.4, -0.2) is 108 Å². The van der Waals surface area contributed by atoms with Crippen molar-refractivity contribution in [1.29, 1.82) is 0 Å². The molecule has 0 amide bonds. The first-order valence-corrected chi connectivity index (χ1v) is 52.6. The predicted molar refractivity (Wildman–Crippen MR) is 146 cm³/mol. The zero-order valence-corrected chi connectivity index (χ0v) is 59.3. The average molecular weight is 2190 g/mol. The Kier molecular flexibility index (Phi) is 54.7. The Labute approximate surface area is 418 Å². The molecule has 0 unspecified atom stereocenters. The van der Waals surface area contributed by atoms with Gasteiger partial charge < -0.3 is 4.48 Å². The summed E-state index contributed by atoms with van der Waals surface area (Å²) in [6, 6.07) is 0.